The number of benzene rings is 4. The monoisotopic (exact) mass is 508 g/mol. The Hall–Kier alpha value is -4.58. The number of ether oxygens (including phenoxy) is 2. The van der Waals surface area contributed by atoms with Crippen LogP contribution in [0.4, 0.5) is 11.4 Å². The van der Waals surface area contributed by atoms with E-state index in [1.54, 1.807) is 55.5 Å². The van der Waals surface area contributed by atoms with Gasteiger partial charge in [-0.1, -0.05) is 50.2 Å². The van der Waals surface area contributed by atoms with Crippen molar-refractivity contribution in [3.8, 4) is 17.2 Å². The molecule has 0 aromatic heterocycles. The molecule has 4 aromatic rings. The van der Waals surface area contributed by atoms with E-state index in [4.69, 9.17) is 9.47 Å². The fourth-order valence-electron chi connectivity index (χ4n) is 4.01. The Kier molecular flexibility index (Phi) is 8.77. The highest BCUT2D eigenvalue weighted by atomic mass is 16.5. The highest BCUT2D eigenvalue weighted by molar-refractivity contribution is 6.05. The van der Waals surface area contributed by atoms with Crippen molar-refractivity contribution in [3.05, 3.63) is 114 Å². The molecule has 0 heterocycles. The summed E-state index contributed by atoms with van der Waals surface area (Å²) < 4.78 is 11.6. The first kappa shape index (κ1) is 26.5. The maximum absolute atomic E-state index is 12.9. The zero-order valence-corrected chi connectivity index (χ0v) is 21.9. The van der Waals surface area contributed by atoms with E-state index in [-0.39, 0.29) is 11.8 Å². The summed E-state index contributed by atoms with van der Waals surface area (Å²) in [5, 5.41) is 5.92. The minimum absolute atomic E-state index is 0.183. The average molecular weight is 509 g/mol. The van der Waals surface area contributed by atoms with Crippen LogP contribution in [0.25, 0.3) is 0 Å². The molecule has 0 radical (unpaired) electrons. The van der Waals surface area contributed by atoms with E-state index in [9.17, 15) is 9.59 Å². The zero-order valence-electron chi connectivity index (χ0n) is 21.9. The van der Waals surface area contributed by atoms with Crippen LogP contribution in [0.5, 0.6) is 17.2 Å². The minimum atomic E-state index is -0.738. The summed E-state index contributed by atoms with van der Waals surface area (Å²) in [7, 11) is 0. The predicted octanol–water partition coefficient (Wildman–Crippen LogP) is 7.26. The van der Waals surface area contributed by atoms with Crippen LogP contribution in [-0.4, -0.2) is 17.9 Å². The second kappa shape index (κ2) is 12.6. The average Bonchev–Trinajstić information content (AvgIpc) is 2.95. The fraction of sp³-hybridized carbons (Fsp3) is 0.188. The number of anilines is 2. The number of aryl methyl sites for hydroxylation is 2. The molecule has 0 aliphatic rings. The number of para-hydroxylation sites is 2. The molecule has 0 aliphatic carbocycles. The summed E-state index contributed by atoms with van der Waals surface area (Å²) in [6.07, 6.45) is 0.933. The fourth-order valence-corrected chi connectivity index (χ4v) is 4.01. The van der Waals surface area contributed by atoms with Crippen LogP contribution in [0.15, 0.2) is 97.1 Å². The molecule has 0 saturated carbocycles. The van der Waals surface area contributed by atoms with E-state index in [2.05, 4.69) is 24.5 Å². The largest absolute Gasteiger partial charge is 0.481 e. The van der Waals surface area contributed by atoms with Crippen LogP contribution in [0, 0.1) is 0 Å². The van der Waals surface area contributed by atoms with Gasteiger partial charge in [0.05, 0.1) is 0 Å². The molecule has 0 aliphatic heterocycles. The van der Waals surface area contributed by atoms with Gasteiger partial charge in [0.1, 0.15) is 17.2 Å². The maximum Gasteiger partial charge on any atom is 0.265 e. The predicted molar refractivity (Wildman–Crippen MR) is 151 cm³/mol. The van der Waals surface area contributed by atoms with Crippen LogP contribution in [0.2, 0.25) is 0 Å². The number of nitrogens with one attached hydrogen (secondary N) is 2. The van der Waals surface area contributed by atoms with Gasteiger partial charge in [-0.05, 0) is 91.6 Å². The van der Waals surface area contributed by atoms with Gasteiger partial charge in [0, 0.05) is 16.9 Å². The van der Waals surface area contributed by atoms with Gasteiger partial charge < -0.3 is 20.1 Å². The quantitative estimate of drug-likeness (QED) is 0.236. The van der Waals surface area contributed by atoms with Crippen LogP contribution >= 0.6 is 0 Å². The van der Waals surface area contributed by atoms with Crippen LogP contribution in [0.1, 0.15) is 42.3 Å². The molecular weight excluding hydrogens is 476 g/mol. The van der Waals surface area contributed by atoms with Crippen molar-refractivity contribution in [2.75, 3.05) is 10.6 Å². The lowest BCUT2D eigenvalue weighted by molar-refractivity contribution is -0.122. The molecule has 6 heteroatoms. The number of hydrogen-bond donors (Lipinski definition) is 2. The molecule has 0 fully saturated rings. The second-order valence-electron chi connectivity index (χ2n) is 8.83. The van der Waals surface area contributed by atoms with Crippen molar-refractivity contribution in [1.82, 2.24) is 0 Å². The zero-order chi connectivity index (χ0) is 26.9. The lowest BCUT2D eigenvalue weighted by atomic mass is 10.0. The van der Waals surface area contributed by atoms with E-state index < -0.39 is 6.10 Å². The maximum atomic E-state index is 12.9. The van der Waals surface area contributed by atoms with Gasteiger partial charge in [-0.3, -0.25) is 9.59 Å². The normalized spacial score (nSPS) is 11.3. The summed E-state index contributed by atoms with van der Waals surface area (Å²) in [4.78, 5) is 25.6. The molecule has 1 unspecified atom stereocenters. The topological polar surface area (TPSA) is 76.7 Å². The van der Waals surface area contributed by atoms with Gasteiger partial charge in [-0.2, -0.15) is 0 Å². The van der Waals surface area contributed by atoms with Gasteiger partial charge in [0.15, 0.2) is 6.10 Å². The first-order valence-corrected chi connectivity index (χ1v) is 12.8. The summed E-state index contributed by atoms with van der Waals surface area (Å²) in [6, 6.07) is 29.5. The summed E-state index contributed by atoms with van der Waals surface area (Å²) in [5.74, 6) is 1.45. The van der Waals surface area contributed by atoms with E-state index in [1.165, 1.54) is 0 Å². The third kappa shape index (κ3) is 6.79. The number of carbonyl (C=O) groups excluding carboxylic acids is 2. The van der Waals surface area contributed by atoms with Crippen molar-refractivity contribution < 1.29 is 19.1 Å². The Morgan fingerprint density at radius 2 is 1.26 bits per heavy atom. The van der Waals surface area contributed by atoms with Gasteiger partial charge in [-0.15, -0.1) is 0 Å². The molecular formula is C32H32N2O4. The van der Waals surface area contributed by atoms with Crippen LogP contribution in [-0.2, 0) is 17.6 Å². The smallest absolute Gasteiger partial charge is 0.265 e. The molecule has 4 rings (SSSR count). The van der Waals surface area contributed by atoms with Crippen molar-refractivity contribution in [3.63, 3.8) is 0 Å². The third-order valence-electron chi connectivity index (χ3n) is 6.14. The molecule has 4 aromatic carbocycles. The Balaban J connectivity index is 1.32. The Morgan fingerprint density at radius 3 is 1.87 bits per heavy atom. The Morgan fingerprint density at radius 1 is 0.684 bits per heavy atom. The van der Waals surface area contributed by atoms with E-state index >= 15 is 0 Å². The number of hydrogen-bond acceptors (Lipinski definition) is 4. The lowest BCUT2D eigenvalue weighted by Gasteiger charge is -2.16. The molecule has 2 N–H and O–H groups in total. The number of rotatable bonds is 10. The second-order valence-corrected chi connectivity index (χ2v) is 8.83. The SMILES string of the molecule is CCc1cccc(CC)c1NC(=O)c1ccc(OC(C)C(=O)Nc2ccc(Oc3ccccc3)cc2)cc1. The van der Waals surface area contributed by atoms with Gasteiger partial charge in [-0.25, -0.2) is 0 Å². The summed E-state index contributed by atoms with van der Waals surface area (Å²) in [5.41, 5.74) is 4.25. The van der Waals surface area contributed by atoms with Gasteiger partial charge in [0.2, 0.25) is 0 Å². The molecule has 1 atom stereocenters. The van der Waals surface area contributed by atoms with E-state index in [1.807, 2.05) is 48.5 Å². The molecule has 6 nitrogen and oxygen atoms in total. The Labute approximate surface area is 223 Å². The van der Waals surface area contributed by atoms with E-state index in [0.29, 0.717) is 22.7 Å². The van der Waals surface area contributed by atoms with Crippen molar-refractivity contribution in [2.24, 2.45) is 0 Å². The van der Waals surface area contributed by atoms with Crippen molar-refractivity contribution in [1.29, 1.82) is 0 Å². The first-order valence-electron chi connectivity index (χ1n) is 12.8. The van der Waals surface area contributed by atoms with Crippen LogP contribution in [0.3, 0.4) is 0 Å². The molecule has 0 spiro atoms. The minimum Gasteiger partial charge on any atom is -0.481 e. The van der Waals surface area contributed by atoms with Gasteiger partial charge >= 0.3 is 0 Å². The van der Waals surface area contributed by atoms with Crippen molar-refractivity contribution >= 4 is 23.2 Å². The number of carbonyl (C=O) groups is 2. The van der Waals surface area contributed by atoms with E-state index in [0.717, 1.165) is 35.4 Å². The molecule has 194 valence electrons. The molecule has 0 saturated heterocycles. The van der Waals surface area contributed by atoms with Gasteiger partial charge in [0.25, 0.3) is 11.8 Å². The molecule has 2 amide bonds. The summed E-state index contributed by atoms with van der Waals surface area (Å²) in [6.45, 7) is 5.82. The number of amides is 2. The Bertz CT molecular complexity index is 1340. The highest BCUT2D eigenvalue weighted by Gasteiger charge is 2.16. The van der Waals surface area contributed by atoms with Crippen molar-refractivity contribution in [2.45, 2.75) is 39.7 Å². The first-order chi connectivity index (χ1) is 18.5. The molecule has 38 heavy (non-hydrogen) atoms. The van der Waals surface area contributed by atoms with Crippen LogP contribution < -0.4 is 20.1 Å². The molecule has 0 bridgehead atoms. The summed E-state index contributed by atoms with van der Waals surface area (Å²) >= 11 is 0. The third-order valence-corrected chi connectivity index (χ3v) is 6.14. The standard InChI is InChI=1S/C32H32N2O4/c1-4-23-10-9-11-24(5-2)30(23)34-32(36)25-14-18-28(19-15-25)37-22(3)31(35)33-26-16-20-29(21-17-26)38-27-12-7-6-8-13-27/h6-22H,4-5H2,1-3H3,(H,33,35)(H,34,36). The highest BCUT2D eigenvalue weighted by Crippen LogP contribution is 2.25. The lowest BCUT2D eigenvalue weighted by Crippen LogP contribution is -2.30.